The van der Waals surface area contributed by atoms with E-state index in [0.29, 0.717) is 36.9 Å². The van der Waals surface area contributed by atoms with Crippen molar-refractivity contribution in [2.24, 2.45) is 0 Å². The SMILES string of the molecule is CCC1(C)CN(c2cc(OC)c(OC)cc2[N+](=O)[O-])CCO1. The molecule has 1 atom stereocenters. The smallest absolute Gasteiger partial charge is 0.296 e. The molecule has 2 rings (SSSR count). The standard InChI is InChI=1S/C15H22N2O5/c1-5-15(2)10-16(6-7-22-15)11-8-13(20-3)14(21-4)9-12(11)17(18)19/h8-9H,5-7,10H2,1-4H3. The van der Waals surface area contributed by atoms with Crippen LogP contribution >= 0.6 is 0 Å². The molecule has 0 saturated carbocycles. The Kier molecular flexibility index (Phi) is 4.75. The van der Waals surface area contributed by atoms with Crippen molar-refractivity contribution in [2.75, 3.05) is 38.8 Å². The minimum atomic E-state index is -0.393. The minimum Gasteiger partial charge on any atom is -0.493 e. The van der Waals surface area contributed by atoms with Gasteiger partial charge in [-0.05, 0) is 13.3 Å². The van der Waals surface area contributed by atoms with E-state index in [0.717, 1.165) is 6.42 Å². The van der Waals surface area contributed by atoms with Crippen LogP contribution in [-0.4, -0.2) is 44.4 Å². The van der Waals surface area contributed by atoms with Gasteiger partial charge >= 0.3 is 0 Å². The van der Waals surface area contributed by atoms with Crippen LogP contribution in [0.2, 0.25) is 0 Å². The molecule has 1 fully saturated rings. The van der Waals surface area contributed by atoms with Crippen LogP contribution in [0.3, 0.4) is 0 Å². The molecule has 7 heteroatoms. The van der Waals surface area contributed by atoms with Crippen molar-refractivity contribution in [3.63, 3.8) is 0 Å². The molecule has 1 saturated heterocycles. The largest absolute Gasteiger partial charge is 0.493 e. The topological polar surface area (TPSA) is 74.1 Å². The second-order valence-corrected chi connectivity index (χ2v) is 5.53. The van der Waals surface area contributed by atoms with Gasteiger partial charge in [0.2, 0.25) is 0 Å². The Morgan fingerprint density at radius 2 is 2.00 bits per heavy atom. The van der Waals surface area contributed by atoms with Crippen LogP contribution in [0.5, 0.6) is 11.5 Å². The molecule has 0 spiro atoms. The Hall–Kier alpha value is -2.02. The fraction of sp³-hybridized carbons (Fsp3) is 0.600. The van der Waals surface area contributed by atoms with Crippen molar-refractivity contribution in [3.8, 4) is 11.5 Å². The third-order valence-corrected chi connectivity index (χ3v) is 4.10. The predicted octanol–water partition coefficient (Wildman–Crippen LogP) is 2.62. The second-order valence-electron chi connectivity index (χ2n) is 5.53. The van der Waals surface area contributed by atoms with Gasteiger partial charge in [0.15, 0.2) is 11.5 Å². The van der Waals surface area contributed by atoms with Gasteiger partial charge in [-0.1, -0.05) is 6.92 Å². The summed E-state index contributed by atoms with van der Waals surface area (Å²) in [4.78, 5) is 13.0. The Morgan fingerprint density at radius 1 is 1.36 bits per heavy atom. The van der Waals surface area contributed by atoms with Crippen LogP contribution in [0.15, 0.2) is 12.1 Å². The summed E-state index contributed by atoms with van der Waals surface area (Å²) < 4.78 is 16.2. The molecule has 0 radical (unpaired) electrons. The first-order valence-corrected chi connectivity index (χ1v) is 7.23. The number of benzene rings is 1. The van der Waals surface area contributed by atoms with E-state index in [1.807, 2.05) is 18.7 Å². The molecule has 0 aliphatic carbocycles. The maximum Gasteiger partial charge on any atom is 0.296 e. The number of morpholine rings is 1. The predicted molar refractivity (Wildman–Crippen MR) is 83.1 cm³/mol. The molecule has 7 nitrogen and oxygen atoms in total. The van der Waals surface area contributed by atoms with Gasteiger partial charge in [0.25, 0.3) is 5.69 Å². The highest BCUT2D eigenvalue weighted by Crippen LogP contribution is 2.40. The fourth-order valence-electron chi connectivity index (χ4n) is 2.61. The average molecular weight is 310 g/mol. The lowest BCUT2D eigenvalue weighted by molar-refractivity contribution is -0.384. The van der Waals surface area contributed by atoms with Gasteiger partial charge in [-0.25, -0.2) is 0 Å². The van der Waals surface area contributed by atoms with Gasteiger partial charge in [0, 0.05) is 19.2 Å². The van der Waals surface area contributed by atoms with Crippen molar-refractivity contribution in [2.45, 2.75) is 25.9 Å². The molecule has 1 aromatic carbocycles. The lowest BCUT2D eigenvalue weighted by Gasteiger charge is -2.41. The highest BCUT2D eigenvalue weighted by molar-refractivity contribution is 5.70. The number of nitrogens with zero attached hydrogens (tertiary/aromatic N) is 2. The molecule has 0 amide bonds. The average Bonchev–Trinajstić information content (AvgIpc) is 2.53. The Balaban J connectivity index is 2.46. The number of ether oxygens (including phenoxy) is 3. The van der Waals surface area contributed by atoms with Crippen molar-refractivity contribution in [1.82, 2.24) is 0 Å². The zero-order valence-electron chi connectivity index (χ0n) is 13.4. The summed E-state index contributed by atoms with van der Waals surface area (Å²) in [6, 6.07) is 3.07. The van der Waals surface area contributed by atoms with Crippen molar-refractivity contribution in [3.05, 3.63) is 22.2 Å². The number of rotatable bonds is 5. The van der Waals surface area contributed by atoms with Crippen LogP contribution in [0, 0.1) is 10.1 Å². The quantitative estimate of drug-likeness (QED) is 0.615. The maximum atomic E-state index is 11.4. The number of hydrogen-bond donors (Lipinski definition) is 0. The molecular weight excluding hydrogens is 288 g/mol. The van der Waals surface area contributed by atoms with E-state index in [1.54, 1.807) is 6.07 Å². The number of nitro groups is 1. The molecule has 0 N–H and O–H groups in total. The van der Waals surface area contributed by atoms with Gasteiger partial charge in [0.1, 0.15) is 5.69 Å². The van der Waals surface area contributed by atoms with Gasteiger partial charge in [-0.3, -0.25) is 10.1 Å². The van der Waals surface area contributed by atoms with Crippen LogP contribution < -0.4 is 14.4 Å². The summed E-state index contributed by atoms with van der Waals surface area (Å²) in [5.74, 6) is 0.831. The van der Waals surface area contributed by atoms with E-state index in [-0.39, 0.29) is 11.3 Å². The Labute approximate surface area is 129 Å². The van der Waals surface area contributed by atoms with E-state index in [4.69, 9.17) is 14.2 Å². The highest BCUT2D eigenvalue weighted by atomic mass is 16.6. The Morgan fingerprint density at radius 3 is 2.55 bits per heavy atom. The molecule has 1 aliphatic rings. The van der Waals surface area contributed by atoms with E-state index >= 15 is 0 Å². The Bertz CT molecular complexity index is 563. The summed E-state index contributed by atoms with van der Waals surface area (Å²) in [6.07, 6.45) is 0.838. The lowest BCUT2D eigenvalue weighted by Crippen LogP contribution is -2.50. The highest BCUT2D eigenvalue weighted by Gasteiger charge is 2.34. The zero-order chi connectivity index (χ0) is 16.3. The van der Waals surface area contributed by atoms with E-state index in [2.05, 4.69) is 0 Å². The monoisotopic (exact) mass is 310 g/mol. The van der Waals surface area contributed by atoms with Gasteiger partial charge < -0.3 is 19.1 Å². The number of nitro benzene ring substituents is 1. The third kappa shape index (κ3) is 3.09. The number of anilines is 1. The normalized spacial score (nSPS) is 21.5. The second kappa shape index (κ2) is 6.39. The van der Waals surface area contributed by atoms with Crippen LogP contribution in [0.4, 0.5) is 11.4 Å². The first-order valence-electron chi connectivity index (χ1n) is 7.23. The summed E-state index contributed by atoms with van der Waals surface area (Å²) in [7, 11) is 2.98. The van der Waals surface area contributed by atoms with Gasteiger partial charge in [0.05, 0.1) is 37.4 Å². The van der Waals surface area contributed by atoms with E-state index in [1.165, 1.54) is 20.3 Å². The molecule has 0 aromatic heterocycles. The van der Waals surface area contributed by atoms with E-state index in [9.17, 15) is 10.1 Å². The third-order valence-electron chi connectivity index (χ3n) is 4.10. The van der Waals surface area contributed by atoms with Gasteiger partial charge in [-0.2, -0.15) is 0 Å². The molecule has 122 valence electrons. The van der Waals surface area contributed by atoms with Crippen molar-refractivity contribution >= 4 is 11.4 Å². The van der Waals surface area contributed by atoms with Crippen LogP contribution in [0.25, 0.3) is 0 Å². The molecule has 22 heavy (non-hydrogen) atoms. The molecule has 0 bridgehead atoms. The molecular formula is C15H22N2O5. The summed E-state index contributed by atoms with van der Waals surface area (Å²) in [6.45, 7) is 5.81. The number of methoxy groups -OCH3 is 2. The summed E-state index contributed by atoms with van der Waals surface area (Å²) in [5.41, 5.74) is 0.239. The van der Waals surface area contributed by atoms with E-state index < -0.39 is 4.92 Å². The van der Waals surface area contributed by atoms with Crippen LogP contribution in [-0.2, 0) is 4.74 Å². The lowest BCUT2D eigenvalue weighted by atomic mass is 10.0. The molecule has 1 unspecified atom stereocenters. The first kappa shape index (κ1) is 16.4. The minimum absolute atomic E-state index is 0.0120. The van der Waals surface area contributed by atoms with Crippen LogP contribution in [0.1, 0.15) is 20.3 Å². The number of hydrogen-bond acceptors (Lipinski definition) is 6. The maximum absolute atomic E-state index is 11.4. The molecule has 1 heterocycles. The van der Waals surface area contributed by atoms with Gasteiger partial charge in [-0.15, -0.1) is 0 Å². The summed E-state index contributed by atoms with van der Waals surface area (Å²) in [5, 5.41) is 11.4. The fourth-order valence-corrected chi connectivity index (χ4v) is 2.61. The van der Waals surface area contributed by atoms with Crippen molar-refractivity contribution < 1.29 is 19.1 Å². The molecule has 1 aromatic rings. The zero-order valence-corrected chi connectivity index (χ0v) is 13.4. The first-order chi connectivity index (χ1) is 10.4. The van der Waals surface area contributed by atoms with Crippen molar-refractivity contribution in [1.29, 1.82) is 0 Å². The summed E-state index contributed by atoms with van der Waals surface area (Å²) >= 11 is 0. The molecule has 1 aliphatic heterocycles.